The van der Waals surface area contributed by atoms with E-state index >= 15 is 0 Å². The van der Waals surface area contributed by atoms with Gasteiger partial charge in [-0.2, -0.15) is 0 Å². The van der Waals surface area contributed by atoms with Crippen LogP contribution in [0, 0.1) is 0 Å². The van der Waals surface area contributed by atoms with Crippen molar-refractivity contribution in [2.24, 2.45) is 0 Å². The monoisotopic (exact) mass is 437 g/mol. The molecule has 31 heavy (non-hydrogen) atoms. The second-order valence-corrected chi connectivity index (χ2v) is 9.24. The number of benzene rings is 2. The molecule has 7 heteroatoms. The average Bonchev–Trinajstić information content (AvgIpc) is 2.89. The molecule has 2 aromatic rings. The Labute approximate surface area is 181 Å². The van der Waals surface area contributed by atoms with Crippen LogP contribution in [0.4, 0.5) is 0 Å². The van der Waals surface area contributed by atoms with Crippen LogP contribution in [-0.4, -0.2) is 27.8 Å². The second-order valence-electron chi connectivity index (χ2n) is 7.49. The molecule has 0 aromatic heterocycles. The Kier molecular flexibility index (Phi) is 5.69. The normalized spacial score (nSPS) is 16.8. The maximum Gasteiger partial charge on any atom is 0.337 e. The smallest absolute Gasteiger partial charge is 0.337 e. The van der Waals surface area contributed by atoms with E-state index < -0.39 is 16.0 Å². The lowest BCUT2D eigenvalue weighted by molar-refractivity contribution is 0.0600. The summed E-state index contributed by atoms with van der Waals surface area (Å²) in [6, 6.07) is 13.2. The summed E-state index contributed by atoms with van der Waals surface area (Å²) >= 11 is 0. The van der Waals surface area contributed by atoms with E-state index in [1.165, 1.54) is 7.11 Å². The van der Waals surface area contributed by atoms with Gasteiger partial charge in [0.15, 0.2) is 0 Å². The Morgan fingerprint density at radius 1 is 1.16 bits per heavy atom. The van der Waals surface area contributed by atoms with Crippen molar-refractivity contribution in [3.63, 3.8) is 0 Å². The number of esters is 1. The zero-order valence-electron chi connectivity index (χ0n) is 17.3. The van der Waals surface area contributed by atoms with Crippen molar-refractivity contribution in [3.8, 4) is 5.75 Å². The van der Waals surface area contributed by atoms with Crippen LogP contribution in [0.1, 0.15) is 39.9 Å². The van der Waals surface area contributed by atoms with Gasteiger partial charge >= 0.3 is 5.97 Å². The van der Waals surface area contributed by atoms with Gasteiger partial charge in [0.2, 0.25) is 10.0 Å². The minimum absolute atomic E-state index is 0.411. The van der Waals surface area contributed by atoms with Gasteiger partial charge in [0.05, 0.1) is 18.9 Å². The van der Waals surface area contributed by atoms with Crippen LogP contribution in [-0.2, 0) is 21.4 Å². The maximum absolute atomic E-state index is 12.1. The summed E-state index contributed by atoms with van der Waals surface area (Å²) in [6.45, 7) is 0.411. The maximum atomic E-state index is 12.1. The number of hydrogen-bond acceptors (Lipinski definition) is 5. The molecule has 1 heterocycles. The van der Waals surface area contributed by atoms with Crippen LogP contribution in [0.25, 0.3) is 5.57 Å². The number of allylic oxidation sites excluding steroid dienone is 5. The fourth-order valence-electron chi connectivity index (χ4n) is 3.79. The molecule has 160 valence electrons. The van der Waals surface area contributed by atoms with E-state index in [2.05, 4.69) is 10.8 Å². The van der Waals surface area contributed by atoms with Gasteiger partial charge in [0.1, 0.15) is 12.4 Å². The first-order valence-electron chi connectivity index (χ1n) is 9.88. The molecule has 6 nitrogen and oxygen atoms in total. The lowest BCUT2D eigenvalue weighted by Gasteiger charge is -2.16. The van der Waals surface area contributed by atoms with Gasteiger partial charge in [0.25, 0.3) is 0 Å². The van der Waals surface area contributed by atoms with Gasteiger partial charge in [-0.15, -0.1) is 0 Å². The number of nitrogens with one attached hydrogen (secondary N) is 1. The molecule has 2 aliphatic rings. The van der Waals surface area contributed by atoms with Crippen LogP contribution < -0.4 is 9.46 Å². The molecule has 4 rings (SSSR count). The lowest BCUT2D eigenvalue weighted by Crippen LogP contribution is -2.22. The third kappa shape index (κ3) is 4.72. The van der Waals surface area contributed by atoms with Gasteiger partial charge in [0, 0.05) is 11.3 Å². The number of rotatable bonds is 4. The Morgan fingerprint density at radius 3 is 2.74 bits per heavy atom. The highest BCUT2D eigenvalue weighted by Crippen LogP contribution is 2.38. The van der Waals surface area contributed by atoms with Crippen LogP contribution in [0.3, 0.4) is 0 Å². The molecule has 1 N–H and O–H groups in total. The van der Waals surface area contributed by atoms with E-state index in [0.29, 0.717) is 30.0 Å². The number of fused-ring (bicyclic) bond motifs is 2. The van der Waals surface area contributed by atoms with Crippen LogP contribution in [0.2, 0.25) is 0 Å². The number of carbonyl (C=O) groups excluding carboxylic acids is 1. The summed E-state index contributed by atoms with van der Waals surface area (Å²) in [5, 5.41) is 0. The average molecular weight is 438 g/mol. The van der Waals surface area contributed by atoms with Gasteiger partial charge in [-0.3, -0.25) is 4.72 Å². The van der Waals surface area contributed by atoms with Crippen molar-refractivity contribution in [2.45, 2.75) is 19.4 Å². The number of sulfonamides is 1. The highest BCUT2D eigenvalue weighted by Gasteiger charge is 2.21. The fraction of sp³-hybridized carbons (Fsp3) is 0.208. The minimum atomic E-state index is -3.34. The predicted octanol–water partition coefficient (Wildman–Crippen LogP) is 3.95. The van der Waals surface area contributed by atoms with Crippen molar-refractivity contribution in [3.05, 3.63) is 94.2 Å². The van der Waals surface area contributed by atoms with Crippen molar-refractivity contribution < 1.29 is 22.7 Å². The van der Waals surface area contributed by atoms with Crippen LogP contribution in [0.15, 0.2) is 72.0 Å². The topological polar surface area (TPSA) is 81.7 Å². The molecule has 2 aromatic carbocycles. The van der Waals surface area contributed by atoms with Crippen molar-refractivity contribution in [1.29, 1.82) is 0 Å². The predicted molar refractivity (Wildman–Crippen MR) is 119 cm³/mol. The zero-order chi connectivity index (χ0) is 22.0. The van der Waals surface area contributed by atoms with Gasteiger partial charge in [-0.05, 0) is 65.5 Å². The standard InChI is InChI=1S/C24H23NO5S/c1-29-24(26)17-10-11-23-22(14-17)21(20-9-4-3-7-18(20)15-30-23)13-16-6-5-8-19(12-16)25-31(2,27)28/h3-4,6-7,9-14,25H,5,8,15H2,1-2H3/b21-13-. The third-order valence-corrected chi connectivity index (χ3v) is 5.78. The number of methoxy groups -OCH3 is 1. The van der Waals surface area contributed by atoms with Crippen LogP contribution in [0.5, 0.6) is 5.75 Å². The molecule has 0 saturated heterocycles. The van der Waals surface area contributed by atoms with E-state index in [9.17, 15) is 13.2 Å². The summed E-state index contributed by atoms with van der Waals surface area (Å²) in [4.78, 5) is 12.1. The first-order chi connectivity index (χ1) is 14.8. The van der Waals surface area contributed by atoms with Crippen molar-refractivity contribution in [2.75, 3.05) is 13.4 Å². The molecular weight excluding hydrogens is 414 g/mol. The molecule has 0 fully saturated rings. The molecule has 0 spiro atoms. The first kappa shape index (κ1) is 20.9. The minimum Gasteiger partial charge on any atom is -0.488 e. The fourth-order valence-corrected chi connectivity index (χ4v) is 4.43. The highest BCUT2D eigenvalue weighted by atomic mass is 32.2. The quantitative estimate of drug-likeness (QED) is 0.733. The molecule has 0 saturated carbocycles. The largest absolute Gasteiger partial charge is 0.488 e. The Hall–Kier alpha value is -3.32. The van der Waals surface area contributed by atoms with Crippen molar-refractivity contribution in [1.82, 2.24) is 4.72 Å². The molecule has 1 aliphatic heterocycles. The van der Waals surface area contributed by atoms with E-state index in [0.717, 1.165) is 40.5 Å². The SMILES string of the molecule is COC(=O)c1ccc2c(c1)/C(=C\C1=CCCC(NS(C)(=O)=O)=C1)c1ccccc1CO2. The zero-order valence-corrected chi connectivity index (χ0v) is 18.2. The van der Waals surface area contributed by atoms with Gasteiger partial charge < -0.3 is 9.47 Å². The molecule has 0 bridgehead atoms. The second kappa shape index (κ2) is 8.43. The van der Waals surface area contributed by atoms with E-state index in [4.69, 9.17) is 9.47 Å². The first-order valence-corrected chi connectivity index (χ1v) is 11.8. The van der Waals surface area contributed by atoms with Crippen LogP contribution >= 0.6 is 0 Å². The Balaban J connectivity index is 1.86. The summed E-state index contributed by atoms with van der Waals surface area (Å²) in [7, 11) is -1.99. The number of ether oxygens (including phenoxy) is 2. The number of carbonyl (C=O) groups is 1. The lowest BCUT2D eigenvalue weighted by atomic mass is 9.90. The molecule has 1 aliphatic carbocycles. The summed E-state index contributed by atoms with van der Waals surface area (Å²) in [5.41, 5.74) is 5.68. The van der Waals surface area contributed by atoms with E-state index in [1.54, 1.807) is 18.2 Å². The summed E-state index contributed by atoms with van der Waals surface area (Å²) < 4.78 is 36.8. The van der Waals surface area contributed by atoms with E-state index in [-0.39, 0.29) is 0 Å². The molecule has 0 amide bonds. The van der Waals surface area contributed by atoms with Gasteiger partial charge in [-0.25, -0.2) is 13.2 Å². The number of hydrogen-bond donors (Lipinski definition) is 1. The molecular formula is C24H23NO5S. The highest BCUT2D eigenvalue weighted by molar-refractivity contribution is 7.88. The summed E-state index contributed by atoms with van der Waals surface area (Å²) in [6.07, 6.45) is 8.42. The Bertz CT molecular complexity index is 1240. The molecule has 0 radical (unpaired) electrons. The molecule has 0 unspecified atom stereocenters. The van der Waals surface area contributed by atoms with Crippen molar-refractivity contribution >= 4 is 21.6 Å². The Morgan fingerprint density at radius 2 is 1.97 bits per heavy atom. The molecule has 0 atom stereocenters. The van der Waals surface area contributed by atoms with Gasteiger partial charge in [-0.1, -0.05) is 30.3 Å². The summed E-state index contributed by atoms with van der Waals surface area (Å²) in [5.74, 6) is 0.251. The third-order valence-electron chi connectivity index (χ3n) is 5.14. The van der Waals surface area contributed by atoms with E-state index in [1.807, 2.05) is 36.4 Å².